The Balaban J connectivity index is 1.27. The molecule has 5 atom stereocenters. The van der Waals surface area contributed by atoms with E-state index in [0.29, 0.717) is 25.2 Å². The molecule has 4 aromatic rings. The normalized spacial score (nSPS) is 24.4. The zero-order chi connectivity index (χ0) is 29.6. The third-order valence-electron chi connectivity index (χ3n) is 8.74. The van der Waals surface area contributed by atoms with Crippen LogP contribution < -0.4 is 4.90 Å². The topological polar surface area (TPSA) is 101 Å². The van der Waals surface area contributed by atoms with Crippen molar-refractivity contribution >= 4 is 42.5 Å². The van der Waals surface area contributed by atoms with E-state index in [1.165, 1.54) is 0 Å². The molecule has 2 aliphatic heterocycles. The lowest BCUT2D eigenvalue weighted by atomic mass is 9.82. The van der Waals surface area contributed by atoms with Gasteiger partial charge in [0.05, 0.1) is 24.5 Å². The molecule has 10 heteroatoms. The molecule has 1 saturated heterocycles. The van der Waals surface area contributed by atoms with Crippen molar-refractivity contribution in [2.24, 2.45) is 5.92 Å². The summed E-state index contributed by atoms with van der Waals surface area (Å²) in [6, 6.07) is 25.5. The number of ether oxygens (including phenoxy) is 1. The van der Waals surface area contributed by atoms with Gasteiger partial charge in [-0.15, -0.1) is 5.10 Å². The minimum absolute atomic E-state index is 0.0745. The van der Waals surface area contributed by atoms with Gasteiger partial charge in [-0.1, -0.05) is 72.8 Å². The van der Waals surface area contributed by atoms with Gasteiger partial charge in [0.15, 0.2) is 13.9 Å². The van der Waals surface area contributed by atoms with Crippen LogP contribution in [-0.2, 0) is 28.2 Å². The summed E-state index contributed by atoms with van der Waals surface area (Å²) in [7, 11) is -2.77. The number of hydrogen-bond donors (Lipinski definition) is 2. The van der Waals surface area contributed by atoms with E-state index in [2.05, 4.69) is 52.0 Å². The van der Waals surface area contributed by atoms with Crippen LogP contribution in [0.3, 0.4) is 0 Å². The average Bonchev–Trinajstić information content (AvgIpc) is 3.64. The largest absolute Gasteiger partial charge is 0.432 e. The number of amides is 1. The van der Waals surface area contributed by atoms with E-state index in [9.17, 15) is 14.7 Å². The molecule has 0 unspecified atom stereocenters. The Hall–Kier alpha value is -2.90. The lowest BCUT2D eigenvalue weighted by Crippen LogP contribution is -2.46. The Morgan fingerprint density at radius 1 is 1.05 bits per heavy atom. The maximum absolute atomic E-state index is 14.5. The maximum atomic E-state index is 14.5. The number of hydrogen-bond acceptors (Lipinski definition) is 6. The number of benzene rings is 3. The lowest BCUT2D eigenvalue weighted by molar-refractivity contribution is -0.146. The minimum atomic E-state index is -2.77. The van der Waals surface area contributed by atoms with Gasteiger partial charge in [-0.3, -0.25) is 9.48 Å². The number of rotatable bonds is 8. The Morgan fingerprint density at radius 3 is 2.45 bits per heavy atom. The summed E-state index contributed by atoms with van der Waals surface area (Å²) in [5, 5.41) is 19.2. The minimum Gasteiger partial charge on any atom is -0.432 e. The standard InChI is InChI=1S/C32H35IN4O4Si/c1-21-30(42(2,3)40)28(17-18-36-20-26(34-35-36)29(38)23-9-5-4-6-10-23)41-32(21)25-11-7-8-12-27(25)37(31(32)39)19-22-13-15-24(33)16-14-22/h4-16,20-21,28-30,38,40H,17-19H2,1-3H3/t21-,28+,29-,30-,32+/m1/s1. The fourth-order valence-electron chi connectivity index (χ4n) is 6.84. The number of fused-ring (bicyclic) bond motifs is 2. The van der Waals surface area contributed by atoms with Gasteiger partial charge in [-0.25, -0.2) is 0 Å². The molecule has 0 radical (unpaired) electrons. The number of aliphatic hydroxyl groups is 1. The number of anilines is 1. The van der Waals surface area contributed by atoms with Gasteiger partial charge < -0.3 is 19.5 Å². The van der Waals surface area contributed by atoms with Gasteiger partial charge in [0.25, 0.3) is 5.91 Å². The number of aryl methyl sites for hydroxylation is 1. The monoisotopic (exact) mass is 694 g/mol. The van der Waals surface area contributed by atoms with Crippen molar-refractivity contribution in [1.82, 2.24) is 15.0 Å². The van der Waals surface area contributed by atoms with Gasteiger partial charge in [-0.05, 0) is 71.4 Å². The van der Waals surface area contributed by atoms with Gasteiger partial charge in [0.1, 0.15) is 11.8 Å². The molecule has 1 aromatic heterocycles. The Morgan fingerprint density at radius 2 is 1.74 bits per heavy atom. The van der Waals surface area contributed by atoms with Crippen molar-refractivity contribution < 1.29 is 19.4 Å². The molecule has 42 heavy (non-hydrogen) atoms. The van der Waals surface area contributed by atoms with Gasteiger partial charge >= 0.3 is 0 Å². The van der Waals surface area contributed by atoms with Crippen LogP contribution in [0.1, 0.15) is 41.8 Å². The number of para-hydroxylation sites is 1. The molecule has 1 spiro atoms. The second-order valence-corrected chi connectivity index (χ2v) is 17.1. The van der Waals surface area contributed by atoms with Crippen LogP contribution in [-0.4, -0.2) is 45.2 Å². The van der Waals surface area contributed by atoms with Crippen molar-refractivity contribution in [3.05, 3.63) is 111 Å². The van der Waals surface area contributed by atoms with Gasteiger partial charge in [0, 0.05) is 27.1 Å². The maximum Gasteiger partial charge on any atom is 0.264 e. The second kappa shape index (κ2) is 11.3. The fourth-order valence-corrected chi connectivity index (χ4v) is 9.81. The highest BCUT2D eigenvalue weighted by Gasteiger charge is 2.66. The van der Waals surface area contributed by atoms with Crippen molar-refractivity contribution in [2.45, 2.75) is 62.9 Å². The van der Waals surface area contributed by atoms with Crippen LogP contribution in [0, 0.1) is 9.49 Å². The number of carbonyl (C=O) groups excluding carboxylic acids is 1. The number of aliphatic hydroxyl groups excluding tert-OH is 1. The van der Waals surface area contributed by atoms with Crippen molar-refractivity contribution in [3.63, 3.8) is 0 Å². The highest BCUT2D eigenvalue weighted by Crippen LogP contribution is 2.59. The lowest BCUT2D eigenvalue weighted by Gasteiger charge is -2.32. The summed E-state index contributed by atoms with van der Waals surface area (Å²) in [6.45, 7) is 6.85. The second-order valence-electron chi connectivity index (χ2n) is 11.9. The zero-order valence-corrected chi connectivity index (χ0v) is 27.0. The van der Waals surface area contributed by atoms with Crippen molar-refractivity contribution in [3.8, 4) is 0 Å². The van der Waals surface area contributed by atoms with Crippen molar-refractivity contribution in [1.29, 1.82) is 0 Å². The SMILES string of the molecule is C[C@@H]1[C@@H]([Si](C)(C)O)[C@H](CCn2cc([C@H](O)c3ccccc3)nn2)O[C@@]12C(=O)N(Cc1ccc(I)cc1)c1ccccc12. The predicted molar refractivity (Wildman–Crippen MR) is 171 cm³/mol. The molecule has 1 amide bonds. The summed E-state index contributed by atoms with van der Waals surface area (Å²) < 4.78 is 9.75. The number of carbonyl (C=O) groups is 1. The molecule has 1 fully saturated rings. The van der Waals surface area contributed by atoms with E-state index in [1.54, 1.807) is 10.9 Å². The first kappa shape index (κ1) is 29.2. The summed E-state index contributed by atoms with van der Waals surface area (Å²) in [5.74, 6) is -0.301. The zero-order valence-electron chi connectivity index (χ0n) is 23.9. The number of aromatic nitrogens is 3. The van der Waals surface area contributed by atoms with Crippen LogP contribution in [0.15, 0.2) is 85.1 Å². The first-order valence-electron chi connectivity index (χ1n) is 14.3. The molecule has 2 N–H and O–H groups in total. The van der Waals surface area contributed by atoms with Crippen LogP contribution in [0.25, 0.3) is 0 Å². The molecule has 218 valence electrons. The Bertz CT molecular complexity index is 1580. The van der Waals surface area contributed by atoms with Crippen LogP contribution in [0.4, 0.5) is 5.69 Å². The molecule has 6 rings (SSSR count). The molecule has 0 bridgehead atoms. The average molecular weight is 695 g/mol. The third-order valence-corrected chi connectivity index (χ3v) is 12.0. The summed E-state index contributed by atoms with van der Waals surface area (Å²) >= 11 is 2.28. The molecule has 8 nitrogen and oxygen atoms in total. The molecular formula is C32H35IN4O4Si. The van der Waals surface area contributed by atoms with Crippen LogP contribution in [0.5, 0.6) is 0 Å². The molecule has 0 aliphatic carbocycles. The quantitative estimate of drug-likeness (QED) is 0.189. The van der Waals surface area contributed by atoms with E-state index in [1.807, 2.05) is 84.7 Å². The highest BCUT2D eigenvalue weighted by molar-refractivity contribution is 14.1. The third kappa shape index (κ3) is 5.13. The smallest absolute Gasteiger partial charge is 0.264 e. The Labute approximate surface area is 260 Å². The molecule has 3 aromatic carbocycles. The molecule has 3 heterocycles. The highest BCUT2D eigenvalue weighted by atomic mass is 127. The van der Waals surface area contributed by atoms with Gasteiger partial charge in [0.2, 0.25) is 0 Å². The fraction of sp³-hybridized carbons (Fsp3) is 0.344. The van der Waals surface area contributed by atoms with E-state index in [0.717, 1.165) is 25.9 Å². The van der Waals surface area contributed by atoms with E-state index < -0.39 is 20.0 Å². The van der Waals surface area contributed by atoms with E-state index in [-0.39, 0.29) is 23.5 Å². The van der Waals surface area contributed by atoms with Crippen LogP contribution >= 0.6 is 22.6 Å². The van der Waals surface area contributed by atoms with E-state index >= 15 is 0 Å². The first-order valence-corrected chi connectivity index (χ1v) is 18.4. The first-order chi connectivity index (χ1) is 20.1. The van der Waals surface area contributed by atoms with E-state index in [4.69, 9.17) is 4.74 Å². The van der Waals surface area contributed by atoms with Gasteiger partial charge in [-0.2, -0.15) is 0 Å². The predicted octanol–water partition coefficient (Wildman–Crippen LogP) is 5.40. The molecule has 2 aliphatic rings. The van der Waals surface area contributed by atoms with Crippen LogP contribution in [0.2, 0.25) is 18.6 Å². The Kier molecular flexibility index (Phi) is 7.86. The summed E-state index contributed by atoms with van der Waals surface area (Å²) in [4.78, 5) is 27.8. The molecule has 0 saturated carbocycles. The molecular weight excluding hydrogens is 659 g/mol. The summed E-state index contributed by atoms with van der Waals surface area (Å²) in [5.41, 5.74) is 2.66. The number of nitrogens with zero attached hydrogens (tertiary/aromatic N) is 4. The van der Waals surface area contributed by atoms with Crippen molar-refractivity contribution in [2.75, 3.05) is 4.90 Å². The summed E-state index contributed by atoms with van der Waals surface area (Å²) in [6.07, 6.45) is 1.08. The number of halogens is 1.